The summed E-state index contributed by atoms with van der Waals surface area (Å²) in [6.45, 7) is 5.03. The van der Waals surface area contributed by atoms with Crippen molar-refractivity contribution in [1.82, 2.24) is 14.8 Å². The Hall–Kier alpha value is -2.66. The minimum Gasteiger partial charge on any atom is -0.293 e. The third-order valence-electron chi connectivity index (χ3n) is 5.48. The van der Waals surface area contributed by atoms with Gasteiger partial charge in [-0.1, -0.05) is 61.0 Å². The quantitative estimate of drug-likeness (QED) is 0.713. The van der Waals surface area contributed by atoms with Crippen LogP contribution < -0.4 is 5.32 Å². The molecule has 2 unspecified atom stereocenters. The van der Waals surface area contributed by atoms with Gasteiger partial charge in [0.25, 0.3) is 0 Å². The lowest BCUT2D eigenvalue weighted by atomic mass is 9.81. The van der Waals surface area contributed by atoms with Crippen LogP contribution in [0.2, 0.25) is 5.02 Å². The van der Waals surface area contributed by atoms with Gasteiger partial charge in [-0.05, 0) is 35.6 Å². The van der Waals surface area contributed by atoms with E-state index >= 15 is 0 Å². The zero-order valence-corrected chi connectivity index (χ0v) is 16.8. The number of carbonyl (C=O) groups excluding carboxylic acids is 1. The number of anilines is 1. The summed E-state index contributed by atoms with van der Waals surface area (Å²) in [6.07, 6.45) is 1.13. The zero-order chi connectivity index (χ0) is 19.7. The summed E-state index contributed by atoms with van der Waals surface area (Å²) in [5, 5.41) is 8.16. The van der Waals surface area contributed by atoms with E-state index in [1.807, 2.05) is 47.1 Å². The summed E-state index contributed by atoms with van der Waals surface area (Å²) in [5.41, 5.74) is 3.35. The number of aromatic nitrogens is 3. The molecule has 0 saturated carbocycles. The SMILES string of the molecule is Cc1c(Cl)cccc1C1Cn2nc(NC(=O)Cc3ccccc3)nc2CC1C. The molecule has 1 aliphatic heterocycles. The number of fused-ring (bicyclic) bond motifs is 1. The van der Waals surface area contributed by atoms with Crippen LogP contribution in [0.1, 0.15) is 35.4 Å². The van der Waals surface area contributed by atoms with E-state index in [1.54, 1.807) is 0 Å². The van der Waals surface area contributed by atoms with Crippen molar-refractivity contribution in [3.05, 3.63) is 76.1 Å². The van der Waals surface area contributed by atoms with Crippen molar-refractivity contribution in [2.45, 2.75) is 39.2 Å². The highest BCUT2D eigenvalue weighted by Gasteiger charge is 2.30. The van der Waals surface area contributed by atoms with Crippen molar-refractivity contribution < 1.29 is 4.79 Å². The number of rotatable bonds is 4. The van der Waals surface area contributed by atoms with E-state index in [1.165, 1.54) is 5.56 Å². The molecule has 0 aliphatic carbocycles. The molecule has 2 heterocycles. The molecule has 28 heavy (non-hydrogen) atoms. The van der Waals surface area contributed by atoms with Crippen LogP contribution in [0.25, 0.3) is 0 Å². The highest BCUT2D eigenvalue weighted by molar-refractivity contribution is 6.31. The van der Waals surface area contributed by atoms with Crippen LogP contribution in [0.15, 0.2) is 48.5 Å². The largest absolute Gasteiger partial charge is 0.293 e. The van der Waals surface area contributed by atoms with E-state index in [-0.39, 0.29) is 5.91 Å². The summed E-state index contributed by atoms with van der Waals surface area (Å²) in [6, 6.07) is 15.7. The second-order valence-electron chi connectivity index (χ2n) is 7.49. The van der Waals surface area contributed by atoms with Gasteiger partial charge in [-0.15, -0.1) is 5.10 Å². The third-order valence-corrected chi connectivity index (χ3v) is 5.89. The van der Waals surface area contributed by atoms with Gasteiger partial charge in [0.05, 0.1) is 13.0 Å². The summed E-state index contributed by atoms with van der Waals surface area (Å²) in [7, 11) is 0. The van der Waals surface area contributed by atoms with Crippen molar-refractivity contribution in [1.29, 1.82) is 0 Å². The van der Waals surface area contributed by atoms with Crippen molar-refractivity contribution in [2.75, 3.05) is 5.32 Å². The van der Waals surface area contributed by atoms with E-state index in [4.69, 9.17) is 11.6 Å². The Morgan fingerprint density at radius 2 is 2.00 bits per heavy atom. The predicted molar refractivity (Wildman–Crippen MR) is 111 cm³/mol. The highest BCUT2D eigenvalue weighted by Crippen LogP contribution is 2.36. The van der Waals surface area contributed by atoms with E-state index in [0.717, 1.165) is 34.9 Å². The molecule has 1 amide bonds. The molecular weight excluding hydrogens is 372 g/mol. The number of nitrogens with one attached hydrogen (secondary N) is 1. The lowest BCUT2D eigenvalue weighted by Crippen LogP contribution is -2.27. The first-order chi connectivity index (χ1) is 13.5. The molecule has 1 aromatic heterocycles. The molecule has 3 aromatic rings. The van der Waals surface area contributed by atoms with E-state index < -0.39 is 0 Å². The second-order valence-corrected chi connectivity index (χ2v) is 7.89. The predicted octanol–water partition coefficient (Wildman–Crippen LogP) is 4.40. The Bertz CT molecular complexity index is 999. The molecule has 0 spiro atoms. The van der Waals surface area contributed by atoms with Crippen molar-refractivity contribution in [3.63, 3.8) is 0 Å². The van der Waals surface area contributed by atoms with Gasteiger partial charge < -0.3 is 0 Å². The molecule has 0 fully saturated rings. The maximum absolute atomic E-state index is 12.3. The van der Waals surface area contributed by atoms with Crippen LogP contribution in [-0.2, 0) is 24.2 Å². The van der Waals surface area contributed by atoms with Crippen LogP contribution in [0, 0.1) is 12.8 Å². The number of carbonyl (C=O) groups is 1. The lowest BCUT2D eigenvalue weighted by molar-refractivity contribution is -0.115. The Labute approximate surface area is 169 Å². The smallest absolute Gasteiger partial charge is 0.248 e. The topological polar surface area (TPSA) is 59.8 Å². The van der Waals surface area contributed by atoms with Gasteiger partial charge >= 0.3 is 0 Å². The second kappa shape index (κ2) is 7.76. The van der Waals surface area contributed by atoms with E-state index in [9.17, 15) is 4.79 Å². The lowest BCUT2D eigenvalue weighted by Gasteiger charge is -2.30. The number of hydrogen-bond acceptors (Lipinski definition) is 3. The molecular formula is C22H23ClN4O. The van der Waals surface area contributed by atoms with Gasteiger partial charge in [0, 0.05) is 17.4 Å². The molecule has 6 heteroatoms. The average Bonchev–Trinajstić information content (AvgIpc) is 3.05. The van der Waals surface area contributed by atoms with Crippen LogP contribution in [0.4, 0.5) is 5.95 Å². The fourth-order valence-corrected chi connectivity index (χ4v) is 4.08. The first-order valence-electron chi connectivity index (χ1n) is 9.53. The monoisotopic (exact) mass is 394 g/mol. The Morgan fingerprint density at radius 3 is 2.79 bits per heavy atom. The van der Waals surface area contributed by atoms with Crippen LogP contribution in [0.3, 0.4) is 0 Å². The van der Waals surface area contributed by atoms with Gasteiger partial charge in [0.1, 0.15) is 5.82 Å². The molecule has 2 aromatic carbocycles. The highest BCUT2D eigenvalue weighted by atomic mass is 35.5. The van der Waals surface area contributed by atoms with Crippen molar-refractivity contribution >= 4 is 23.5 Å². The summed E-state index contributed by atoms with van der Waals surface area (Å²) >= 11 is 6.33. The number of nitrogens with zero attached hydrogens (tertiary/aromatic N) is 3. The van der Waals surface area contributed by atoms with Crippen LogP contribution in [-0.4, -0.2) is 20.7 Å². The fraction of sp³-hybridized carbons (Fsp3) is 0.318. The normalized spacial score (nSPS) is 18.5. The van der Waals surface area contributed by atoms with Crippen LogP contribution >= 0.6 is 11.6 Å². The molecule has 2 atom stereocenters. The van der Waals surface area contributed by atoms with Gasteiger partial charge in [-0.3, -0.25) is 10.1 Å². The molecule has 4 rings (SSSR count). The minimum absolute atomic E-state index is 0.107. The standard InChI is InChI=1S/C22H23ClN4O/c1-14-11-20-24-22(25-21(28)12-16-7-4-3-5-8-16)26-27(20)13-18(14)17-9-6-10-19(23)15(17)2/h3-10,14,18H,11-13H2,1-2H3,(H,25,26,28). The molecule has 144 valence electrons. The first-order valence-corrected chi connectivity index (χ1v) is 9.91. The maximum Gasteiger partial charge on any atom is 0.248 e. The van der Waals surface area contributed by atoms with Crippen LogP contribution in [0.5, 0.6) is 0 Å². The molecule has 5 nitrogen and oxygen atoms in total. The van der Waals surface area contributed by atoms with Gasteiger partial charge in [-0.2, -0.15) is 4.98 Å². The number of benzene rings is 2. The molecule has 0 bridgehead atoms. The Kier molecular flexibility index (Phi) is 5.18. The number of hydrogen-bond donors (Lipinski definition) is 1. The fourth-order valence-electron chi connectivity index (χ4n) is 3.90. The van der Waals surface area contributed by atoms with Crippen molar-refractivity contribution in [2.24, 2.45) is 5.92 Å². The minimum atomic E-state index is -0.107. The molecule has 0 radical (unpaired) electrons. The Morgan fingerprint density at radius 1 is 1.21 bits per heavy atom. The molecule has 1 N–H and O–H groups in total. The molecule has 1 aliphatic rings. The van der Waals surface area contributed by atoms with Gasteiger partial charge in [-0.25, -0.2) is 4.68 Å². The summed E-state index contributed by atoms with van der Waals surface area (Å²) in [4.78, 5) is 16.9. The third kappa shape index (κ3) is 3.80. The van der Waals surface area contributed by atoms with E-state index in [2.05, 4.69) is 35.3 Å². The Balaban J connectivity index is 1.50. The maximum atomic E-state index is 12.3. The zero-order valence-electron chi connectivity index (χ0n) is 16.0. The summed E-state index contributed by atoms with van der Waals surface area (Å²) < 4.78 is 1.92. The molecule has 0 saturated heterocycles. The van der Waals surface area contributed by atoms with Gasteiger partial charge in [0.15, 0.2) is 0 Å². The van der Waals surface area contributed by atoms with Crippen molar-refractivity contribution in [3.8, 4) is 0 Å². The first kappa shape index (κ1) is 18.7. The number of halogens is 1. The van der Waals surface area contributed by atoms with Gasteiger partial charge in [0.2, 0.25) is 11.9 Å². The number of amides is 1. The summed E-state index contributed by atoms with van der Waals surface area (Å²) in [5.74, 6) is 1.93. The van der Waals surface area contributed by atoms with E-state index in [0.29, 0.717) is 24.2 Å². The average molecular weight is 395 g/mol.